The van der Waals surface area contributed by atoms with Gasteiger partial charge in [-0.25, -0.2) is 0 Å². The van der Waals surface area contributed by atoms with Crippen molar-refractivity contribution in [3.8, 4) is 0 Å². The van der Waals surface area contributed by atoms with Gasteiger partial charge in [0.05, 0.1) is 20.1 Å². The summed E-state index contributed by atoms with van der Waals surface area (Å²) in [4.78, 5) is 24.1. The molecule has 0 unspecified atom stereocenters. The first-order chi connectivity index (χ1) is 20.9. The van der Waals surface area contributed by atoms with E-state index in [9.17, 15) is 9.59 Å². The minimum absolute atomic E-state index is 0.000482. The molecule has 43 heavy (non-hydrogen) atoms. The van der Waals surface area contributed by atoms with Gasteiger partial charge in [-0.2, -0.15) is 0 Å². The van der Waals surface area contributed by atoms with Crippen molar-refractivity contribution in [2.75, 3.05) is 46.7 Å². The Bertz CT molecular complexity index is 932. The van der Waals surface area contributed by atoms with Crippen molar-refractivity contribution in [2.45, 2.75) is 116 Å². The number of carbonyl (C=O) groups excluding carboxylic acids is 2. The van der Waals surface area contributed by atoms with Crippen LogP contribution in [0.25, 0.3) is 0 Å². The van der Waals surface area contributed by atoms with Gasteiger partial charge in [0.25, 0.3) is 0 Å². The highest BCUT2D eigenvalue weighted by Crippen LogP contribution is 2.39. The first-order valence-electron chi connectivity index (χ1n) is 16.1. The zero-order chi connectivity index (χ0) is 31.5. The molecule has 0 aliphatic carbocycles. The van der Waals surface area contributed by atoms with E-state index >= 15 is 0 Å². The summed E-state index contributed by atoms with van der Waals surface area (Å²) in [7, 11) is 1.28. The maximum atomic E-state index is 12.6. The van der Waals surface area contributed by atoms with Gasteiger partial charge in [0, 0.05) is 31.5 Å². The highest BCUT2D eigenvalue weighted by Gasteiger charge is 2.48. The number of amides is 1. The molecule has 0 aromatic heterocycles. The lowest BCUT2D eigenvalue weighted by atomic mass is 9.89. The molecule has 0 radical (unpaired) electrons. The van der Waals surface area contributed by atoms with Crippen LogP contribution in [-0.2, 0) is 44.4 Å². The Hall–Kier alpha value is -1.75. The average Bonchev–Trinajstić information content (AvgIpc) is 3.01. The lowest BCUT2D eigenvalue weighted by molar-refractivity contribution is -0.268. The maximum Gasteiger partial charge on any atom is 0.325 e. The van der Waals surface area contributed by atoms with E-state index in [4.69, 9.17) is 35.3 Å². The summed E-state index contributed by atoms with van der Waals surface area (Å²) in [6.07, 6.45) is 5.76. The molecule has 1 aliphatic heterocycles. The summed E-state index contributed by atoms with van der Waals surface area (Å²) in [5.74, 6) is -0.856. The normalized spacial score (nSPS) is 22.0. The van der Waals surface area contributed by atoms with E-state index in [0.29, 0.717) is 43.6 Å². The third kappa shape index (κ3) is 13.0. The lowest BCUT2D eigenvalue weighted by Crippen LogP contribution is -2.58. The quantitative estimate of drug-likeness (QED) is 0.124. The summed E-state index contributed by atoms with van der Waals surface area (Å²) in [5, 5.41) is 3.03. The van der Waals surface area contributed by atoms with Crippen molar-refractivity contribution in [2.24, 2.45) is 0 Å². The van der Waals surface area contributed by atoms with Crippen LogP contribution in [0.3, 0.4) is 0 Å². The molecule has 246 valence electrons. The molecule has 9 nitrogen and oxygen atoms in total. The van der Waals surface area contributed by atoms with Crippen molar-refractivity contribution in [1.29, 1.82) is 0 Å². The molecule has 1 fully saturated rings. The van der Waals surface area contributed by atoms with Crippen LogP contribution in [0.5, 0.6) is 0 Å². The Kier molecular flexibility index (Phi) is 19.0. The number of carbonyl (C=O) groups is 2. The topological polar surface area (TPSA) is 102 Å². The van der Waals surface area contributed by atoms with Crippen LogP contribution in [0.1, 0.15) is 96.3 Å². The Morgan fingerprint density at radius 3 is 2.02 bits per heavy atom. The first-order valence-corrected chi connectivity index (χ1v) is 16.5. The number of rotatable bonds is 22. The van der Waals surface area contributed by atoms with E-state index < -0.39 is 18.2 Å². The molecule has 0 saturated carbocycles. The summed E-state index contributed by atoms with van der Waals surface area (Å²) >= 11 is 6.53. The van der Waals surface area contributed by atoms with Crippen molar-refractivity contribution >= 4 is 23.5 Å². The molecule has 1 aromatic carbocycles. The molecule has 5 atom stereocenters. The number of halogens is 1. The molecule has 1 aromatic rings. The predicted molar refractivity (Wildman–Crippen MR) is 167 cm³/mol. The number of hydrogen-bond acceptors (Lipinski definition) is 8. The van der Waals surface area contributed by atoms with Gasteiger partial charge in [-0.3, -0.25) is 9.59 Å². The van der Waals surface area contributed by atoms with Crippen molar-refractivity contribution < 1.29 is 38.0 Å². The van der Waals surface area contributed by atoms with Crippen LogP contribution < -0.4 is 5.32 Å². The summed E-state index contributed by atoms with van der Waals surface area (Å²) in [6.45, 7) is 11.1. The number of benzene rings is 1. The Balaban J connectivity index is 2.44. The summed E-state index contributed by atoms with van der Waals surface area (Å²) in [5.41, 5.74) is 1.45. The largest absolute Gasteiger partial charge is 0.468 e. The second-order valence-corrected chi connectivity index (χ2v) is 11.4. The first kappa shape index (κ1) is 37.4. The van der Waals surface area contributed by atoms with E-state index in [1.54, 1.807) is 6.07 Å². The molecular weight excluding hydrogens is 574 g/mol. The minimum Gasteiger partial charge on any atom is -0.468 e. The van der Waals surface area contributed by atoms with Gasteiger partial charge in [-0.05, 0) is 42.9 Å². The molecule has 0 spiro atoms. The van der Waals surface area contributed by atoms with Gasteiger partial charge in [0.1, 0.15) is 37.1 Å². The molecule has 1 amide bonds. The zero-order valence-corrected chi connectivity index (χ0v) is 27.6. The number of methoxy groups -OCH3 is 1. The molecule has 2 rings (SSSR count). The van der Waals surface area contributed by atoms with E-state index in [-0.39, 0.29) is 37.2 Å². The van der Waals surface area contributed by atoms with Gasteiger partial charge >= 0.3 is 5.97 Å². The van der Waals surface area contributed by atoms with Gasteiger partial charge in [-0.15, -0.1) is 0 Å². The number of ether oxygens (including phenoxy) is 6. The molecule has 1 aliphatic rings. The van der Waals surface area contributed by atoms with Crippen molar-refractivity contribution in [1.82, 2.24) is 5.32 Å². The monoisotopic (exact) mass is 627 g/mol. The van der Waals surface area contributed by atoms with Crippen LogP contribution in [0.4, 0.5) is 0 Å². The second-order valence-electron chi connectivity index (χ2n) is 11.0. The molecule has 10 heteroatoms. The smallest absolute Gasteiger partial charge is 0.325 e. The van der Waals surface area contributed by atoms with Gasteiger partial charge in [0.2, 0.25) is 5.91 Å². The van der Waals surface area contributed by atoms with Crippen LogP contribution in [0.2, 0.25) is 5.02 Å². The molecule has 1 saturated heterocycles. The van der Waals surface area contributed by atoms with Crippen LogP contribution in [0.15, 0.2) is 18.2 Å². The zero-order valence-electron chi connectivity index (χ0n) is 26.9. The molecule has 0 bridgehead atoms. The van der Waals surface area contributed by atoms with Crippen molar-refractivity contribution in [3.63, 3.8) is 0 Å². The minimum atomic E-state index is -0.520. The van der Waals surface area contributed by atoms with Crippen LogP contribution >= 0.6 is 11.6 Å². The number of hydrogen-bond donors (Lipinski definition) is 1. The van der Waals surface area contributed by atoms with Gasteiger partial charge in [0.15, 0.2) is 0 Å². The Morgan fingerprint density at radius 1 is 0.837 bits per heavy atom. The molecule has 1 N–H and O–H groups in total. The number of esters is 1. The second kappa shape index (κ2) is 21.9. The highest BCUT2D eigenvalue weighted by atomic mass is 35.5. The third-order valence-corrected chi connectivity index (χ3v) is 7.76. The third-order valence-electron chi connectivity index (χ3n) is 7.39. The van der Waals surface area contributed by atoms with E-state index in [2.05, 4.69) is 37.7 Å². The fraction of sp³-hybridized carbons (Fsp3) is 0.758. The SMILES string of the molecule is CCCCOC[C@H]1O[C@@H](c2ccc(Cl)c(CC(=O)NCC(=O)OC)c2)[C@H](OCCCC)[C@@H](OCCCC)[C@@H]1OCCCC. The fourth-order valence-electron chi connectivity index (χ4n) is 4.81. The van der Waals surface area contributed by atoms with Gasteiger partial charge < -0.3 is 33.7 Å². The Morgan fingerprint density at radius 2 is 1.42 bits per heavy atom. The average molecular weight is 628 g/mol. The Labute approximate surface area is 263 Å². The number of unbranched alkanes of at least 4 members (excludes halogenated alkanes) is 4. The number of nitrogens with one attached hydrogen (secondary N) is 1. The highest BCUT2D eigenvalue weighted by molar-refractivity contribution is 6.31. The summed E-state index contributed by atoms with van der Waals surface area (Å²) in [6, 6.07) is 5.57. The molecule has 1 heterocycles. The van der Waals surface area contributed by atoms with Crippen LogP contribution in [0, 0.1) is 0 Å². The fourth-order valence-corrected chi connectivity index (χ4v) is 5.00. The van der Waals surface area contributed by atoms with E-state index in [1.807, 2.05) is 12.1 Å². The van der Waals surface area contributed by atoms with Gasteiger partial charge in [-0.1, -0.05) is 77.1 Å². The standard InChI is InChI=1S/C33H54ClNO8/c1-6-10-16-39-23-27-31(40-17-11-7-2)33(42-19-13-9-4)32(41-18-12-8-3)30(43-27)24-14-15-26(34)25(20-24)21-28(36)35-22-29(37)38-5/h14-15,20,27,30-33H,6-13,16-19,21-23H2,1-5H3,(H,35,36)/t27-,30+,31-,32+,33+/m1/s1. The predicted octanol–water partition coefficient (Wildman–Crippen LogP) is 5.98. The summed E-state index contributed by atoms with van der Waals surface area (Å²) < 4.78 is 37.1. The maximum absolute atomic E-state index is 12.6. The van der Waals surface area contributed by atoms with Crippen molar-refractivity contribution in [3.05, 3.63) is 34.3 Å². The molecular formula is C33H54ClNO8. The van der Waals surface area contributed by atoms with E-state index in [0.717, 1.165) is 56.9 Å². The van der Waals surface area contributed by atoms with E-state index in [1.165, 1.54) is 7.11 Å². The van der Waals surface area contributed by atoms with Crippen LogP contribution in [-0.4, -0.2) is 83.0 Å². The lowest BCUT2D eigenvalue weighted by Gasteiger charge is -2.46.